The molecule has 0 aliphatic heterocycles. The largest absolute Gasteiger partial charge is 0.393 e. The summed E-state index contributed by atoms with van der Waals surface area (Å²) in [4.78, 5) is 2.17. The molecule has 0 radical (unpaired) electrons. The van der Waals surface area contributed by atoms with Crippen molar-refractivity contribution in [2.24, 2.45) is 5.92 Å². The highest BCUT2D eigenvalue weighted by molar-refractivity contribution is 6.30. The van der Waals surface area contributed by atoms with Gasteiger partial charge in [-0.25, -0.2) is 4.39 Å². The van der Waals surface area contributed by atoms with Gasteiger partial charge in [-0.05, 0) is 81.1 Å². The average molecular weight is 376 g/mol. The van der Waals surface area contributed by atoms with Gasteiger partial charge in [-0.3, -0.25) is 0 Å². The van der Waals surface area contributed by atoms with Crippen molar-refractivity contribution in [2.45, 2.75) is 37.2 Å². The Hall–Kier alpha value is -1.42. The second-order valence-electron chi connectivity index (χ2n) is 7.86. The lowest BCUT2D eigenvalue weighted by atomic mass is 9.59. The lowest BCUT2D eigenvalue weighted by molar-refractivity contribution is 0.0380. The van der Waals surface area contributed by atoms with E-state index in [0.717, 1.165) is 42.8 Å². The number of aliphatic hydroxyl groups excluding tert-OH is 1. The fraction of sp³-hybridized carbons (Fsp3) is 0.455. The Morgan fingerprint density at radius 2 is 1.92 bits per heavy atom. The SMILES string of the molecule is CN(C)CC1CC(O)CCC1(Cc1ccc(Cl)cc1)c1cccc(F)c1. The van der Waals surface area contributed by atoms with E-state index >= 15 is 0 Å². The van der Waals surface area contributed by atoms with Gasteiger partial charge in [0.05, 0.1) is 6.10 Å². The van der Waals surface area contributed by atoms with Crippen molar-refractivity contribution in [3.05, 3.63) is 70.5 Å². The van der Waals surface area contributed by atoms with Crippen LogP contribution in [0.2, 0.25) is 5.02 Å². The molecule has 140 valence electrons. The van der Waals surface area contributed by atoms with Crippen LogP contribution in [-0.2, 0) is 11.8 Å². The molecule has 3 rings (SSSR count). The zero-order valence-corrected chi connectivity index (χ0v) is 16.2. The summed E-state index contributed by atoms with van der Waals surface area (Å²) in [6.07, 6.45) is 2.86. The van der Waals surface area contributed by atoms with Gasteiger partial charge >= 0.3 is 0 Å². The molecule has 1 aliphatic carbocycles. The van der Waals surface area contributed by atoms with Gasteiger partial charge in [0.25, 0.3) is 0 Å². The van der Waals surface area contributed by atoms with E-state index in [4.69, 9.17) is 11.6 Å². The Morgan fingerprint density at radius 1 is 1.19 bits per heavy atom. The molecule has 2 nitrogen and oxygen atoms in total. The number of aliphatic hydroxyl groups is 1. The molecule has 1 N–H and O–H groups in total. The van der Waals surface area contributed by atoms with Gasteiger partial charge < -0.3 is 10.0 Å². The highest BCUT2D eigenvalue weighted by atomic mass is 35.5. The van der Waals surface area contributed by atoms with E-state index in [1.54, 1.807) is 12.1 Å². The summed E-state index contributed by atoms with van der Waals surface area (Å²) in [5, 5.41) is 11.0. The van der Waals surface area contributed by atoms with Crippen molar-refractivity contribution in [1.82, 2.24) is 4.90 Å². The maximum absolute atomic E-state index is 14.1. The molecule has 1 saturated carbocycles. The summed E-state index contributed by atoms with van der Waals surface area (Å²) in [6, 6.07) is 15.0. The van der Waals surface area contributed by atoms with Crippen molar-refractivity contribution in [2.75, 3.05) is 20.6 Å². The molecule has 0 amide bonds. The smallest absolute Gasteiger partial charge is 0.123 e. The first-order valence-corrected chi connectivity index (χ1v) is 9.60. The van der Waals surface area contributed by atoms with E-state index in [1.807, 2.05) is 18.2 Å². The van der Waals surface area contributed by atoms with Crippen molar-refractivity contribution in [3.8, 4) is 0 Å². The minimum Gasteiger partial charge on any atom is -0.393 e. The van der Waals surface area contributed by atoms with Gasteiger partial charge in [-0.1, -0.05) is 35.9 Å². The Balaban J connectivity index is 2.05. The molecule has 3 atom stereocenters. The third-order valence-corrected chi connectivity index (χ3v) is 5.93. The molecule has 1 fully saturated rings. The number of rotatable bonds is 5. The van der Waals surface area contributed by atoms with Gasteiger partial charge in [0.2, 0.25) is 0 Å². The Kier molecular flexibility index (Phi) is 6.01. The number of halogens is 2. The van der Waals surface area contributed by atoms with Crippen LogP contribution >= 0.6 is 11.6 Å². The van der Waals surface area contributed by atoms with E-state index in [1.165, 1.54) is 11.6 Å². The fourth-order valence-electron chi connectivity index (χ4n) is 4.47. The van der Waals surface area contributed by atoms with Crippen LogP contribution in [0.4, 0.5) is 4.39 Å². The summed E-state index contributed by atoms with van der Waals surface area (Å²) < 4.78 is 14.1. The third-order valence-electron chi connectivity index (χ3n) is 5.68. The molecule has 0 spiro atoms. The molecule has 0 heterocycles. The van der Waals surface area contributed by atoms with E-state index in [-0.39, 0.29) is 23.3 Å². The van der Waals surface area contributed by atoms with Crippen LogP contribution in [0.5, 0.6) is 0 Å². The molecule has 0 bridgehead atoms. The van der Waals surface area contributed by atoms with Gasteiger partial charge in [0.1, 0.15) is 5.82 Å². The van der Waals surface area contributed by atoms with E-state index in [2.05, 4.69) is 31.1 Å². The van der Waals surface area contributed by atoms with Gasteiger partial charge in [0, 0.05) is 17.0 Å². The standard InChI is InChI=1S/C22H27ClFNO/c1-25(2)15-18-13-21(26)10-11-22(18,17-4-3-5-20(24)12-17)14-16-6-8-19(23)9-7-16/h3-9,12,18,21,26H,10-11,13-15H2,1-2H3. The Bertz CT molecular complexity index is 731. The first-order chi connectivity index (χ1) is 12.4. The summed E-state index contributed by atoms with van der Waals surface area (Å²) in [6.45, 7) is 0.862. The fourth-order valence-corrected chi connectivity index (χ4v) is 4.60. The molecule has 3 unspecified atom stereocenters. The molecule has 2 aromatic carbocycles. The van der Waals surface area contributed by atoms with Crippen LogP contribution in [0, 0.1) is 11.7 Å². The molecule has 2 aromatic rings. The summed E-state index contributed by atoms with van der Waals surface area (Å²) in [5.74, 6) is 0.0476. The number of benzene rings is 2. The monoisotopic (exact) mass is 375 g/mol. The predicted molar refractivity (Wildman–Crippen MR) is 105 cm³/mol. The molecule has 0 saturated heterocycles. The van der Waals surface area contributed by atoms with Crippen LogP contribution in [0.25, 0.3) is 0 Å². The zero-order chi connectivity index (χ0) is 18.7. The van der Waals surface area contributed by atoms with Crippen LogP contribution < -0.4 is 0 Å². The quantitative estimate of drug-likeness (QED) is 0.820. The second kappa shape index (κ2) is 8.08. The molecule has 0 aromatic heterocycles. The van der Waals surface area contributed by atoms with Crippen LogP contribution in [-0.4, -0.2) is 36.8 Å². The summed E-state index contributed by atoms with van der Waals surface area (Å²) >= 11 is 6.05. The maximum atomic E-state index is 14.1. The second-order valence-corrected chi connectivity index (χ2v) is 8.29. The summed E-state index contributed by atoms with van der Waals surface area (Å²) in [5.41, 5.74) is 2.03. The van der Waals surface area contributed by atoms with Crippen molar-refractivity contribution < 1.29 is 9.50 Å². The lowest BCUT2D eigenvalue weighted by Gasteiger charge is -2.47. The highest BCUT2D eigenvalue weighted by Gasteiger charge is 2.44. The molecule has 4 heteroatoms. The van der Waals surface area contributed by atoms with Gasteiger partial charge in [-0.15, -0.1) is 0 Å². The van der Waals surface area contributed by atoms with Crippen molar-refractivity contribution in [3.63, 3.8) is 0 Å². The minimum atomic E-state index is -0.285. The van der Waals surface area contributed by atoms with Gasteiger partial charge in [-0.2, -0.15) is 0 Å². The van der Waals surface area contributed by atoms with Crippen LogP contribution in [0.1, 0.15) is 30.4 Å². The normalized spacial score (nSPS) is 26.2. The predicted octanol–water partition coefficient (Wildman–Crippen LogP) is 4.68. The van der Waals surface area contributed by atoms with Crippen molar-refractivity contribution in [1.29, 1.82) is 0 Å². The highest BCUT2D eigenvalue weighted by Crippen LogP contribution is 2.46. The maximum Gasteiger partial charge on any atom is 0.123 e. The van der Waals surface area contributed by atoms with E-state index in [9.17, 15) is 9.50 Å². The van der Waals surface area contributed by atoms with E-state index < -0.39 is 0 Å². The van der Waals surface area contributed by atoms with Crippen LogP contribution in [0.15, 0.2) is 48.5 Å². The molecule has 1 aliphatic rings. The lowest BCUT2D eigenvalue weighted by Crippen LogP contribution is -2.47. The van der Waals surface area contributed by atoms with Crippen molar-refractivity contribution >= 4 is 11.6 Å². The minimum absolute atomic E-state index is 0.195. The van der Waals surface area contributed by atoms with Gasteiger partial charge in [0.15, 0.2) is 0 Å². The average Bonchev–Trinajstić information content (AvgIpc) is 2.59. The Labute approximate surface area is 160 Å². The number of hydrogen-bond acceptors (Lipinski definition) is 2. The topological polar surface area (TPSA) is 23.5 Å². The van der Waals surface area contributed by atoms with E-state index in [0.29, 0.717) is 0 Å². The molecular formula is C22H27ClFNO. The third kappa shape index (κ3) is 4.28. The number of hydrogen-bond donors (Lipinski definition) is 1. The molecular weight excluding hydrogens is 349 g/mol. The van der Waals surface area contributed by atoms with Crippen LogP contribution in [0.3, 0.4) is 0 Å². The first kappa shape index (κ1) is 19.3. The molecule has 26 heavy (non-hydrogen) atoms. The summed E-state index contributed by atoms with van der Waals surface area (Å²) in [7, 11) is 4.11. The zero-order valence-electron chi connectivity index (χ0n) is 15.5. The Morgan fingerprint density at radius 3 is 2.58 bits per heavy atom. The first-order valence-electron chi connectivity index (χ1n) is 9.22. The number of nitrogens with zero attached hydrogens (tertiary/aromatic N) is 1.